The van der Waals surface area contributed by atoms with Gasteiger partial charge in [0.15, 0.2) is 5.65 Å². The number of nitrogens with one attached hydrogen (secondary N) is 1. The Morgan fingerprint density at radius 2 is 1.67 bits per heavy atom. The average Bonchev–Trinajstić information content (AvgIpc) is 3.50. The van der Waals surface area contributed by atoms with Crippen LogP contribution in [-0.4, -0.2) is 35.4 Å². The van der Waals surface area contributed by atoms with Gasteiger partial charge in [0.1, 0.15) is 17.4 Å². The van der Waals surface area contributed by atoms with Crippen molar-refractivity contribution in [1.29, 1.82) is 0 Å². The number of carbonyl (C=O) groups is 1. The topological polar surface area (TPSA) is 97.3 Å². The Labute approximate surface area is 232 Å². The van der Waals surface area contributed by atoms with Crippen LogP contribution in [0.1, 0.15) is 57.6 Å². The van der Waals surface area contributed by atoms with Crippen LogP contribution in [0.25, 0.3) is 11.3 Å². The van der Waals surface area contributed by atoms with Gasteiger partial charge in [0.2, 0.25) is 5.91 Å². The molecule has 0 aliphatic heterocycles. The maximum atomic E-state index is 13.0. The Balaban J connectivity index is 1.29. The third-order valence-corrected chi connectivity index (χ3v) is 7.27. The van der Waals surface area contributed by atoms with Gasteiger partial charge in [-0.15, -0.1) is 10.2 Å². The smallest absolute Gasteiger partial charge is 0.229 e. The summed E-state index contributed by atoms with van der Waals surface area (Å²) >= 11 is 1.66. The number of nitrogens with zero attached hydrogens (tertiary/aromatic N) is 5. The van der Waals surface area contributed by atoms with Gasteiger partial charge in [0, 0.05) is 33.4 Å². The summed E-state index contributed by atoms with van der Waals surface area (Å²) in [6.07, 6.45) is 2.31. The molecule has 0 atom stereocenters. The maximum absolute atomic E-state index is 13.0. The van der Waals surface area contributed by atoms with Gasteiger partial charge in [-0.2, -0.15) is 5.10 Å². The number of phenols is 1. The molecule has 0 unspecified atom stereocenters. The lowest BCUT2D eigenvalue weighted by molar-refractivity contribution is -0.115. The molecule has 5 aromatic rings. The van der Waals surface area contributed by atoms with Crippen LogP contribution in [0.5, 0.6) is 5.75 Å². The molecule has 0 aliphatic carbocycles. The number of hydrogen-bond donors (Lipinski definition) is 2. The number of fused-ring (bicyclic) bond motifs is 1. The molecule has 5 rings (SSSR count). The number of anilines is 1. The quantitative estimate of drug-likeness (QED) is 0.249. The lowest BCUT2D eigenvalue weighted by atomic mass is 9.92. The maximum Gasteiger partial charge on any atom is 0.229 e. The monoisotopic (exact) mass is 540 g/mol. The van der Waals surface area contributed by atoms with Gasteiger partial charge in [0.05, 0.1) is 17.8 Å². The van der Waals surface area contributed by atoms with E-state index in [1.807, 2.05) is 46.9 Å². The Bertz CT molecular complexity index is 1610. The summed E-state index contributed by atoms with van der Waals surface area (Å²) in [5.74, 6) is 1.86. The van der Waals surface area contributed by atoms with Crippen LogP contribution >= 0.6 is 11.8 Å². The largest absolute Gasteiger partial charge is 0.508 e. The van der Waals surface area contributed by atoms with Crippen molar-refractivity contribution in [2.75, 3.05) is 5.32 Å². The molecule has 2 aromatic carbocycles. The van der Waals surface area contributed by atoms with Crippen LogP contribution in [0.15, 0.2) is 82.7 Å². The highest BCUT2D eigenvalue weighted by Gasteiger charge is 2.21. The number of aromatic nitrogens is 5. The van der Waals surface area contributed by atoms with Crippen molar-refractivity contribution >= 4 is 29.1 Å². The zero-order valence-electron chi connectivity index (χ0n) is 22.7. The highest BCUT2D eigenvalue weighted by Crippen LogP contribution is 2.30. The number of pyridine rings is 1. The minimum Gasteiger partial charge on any atom is -0.508 e. The first-order valence-corrected chi connectivity index (χ1v) is 13.7. The van der Waals surface area contributed by atoms with E-state index in [-0.39, 0.29) is 29.4 Å². The number of benzene rings is 2. The van der Waals surface area contributed by atoms with Crippen molar-refractivity contribution in [3.8, 4) is 11.4 Å². The highest BCUT2D eigenvalue weighted by molar-refractivity contribution is 7.99. The minimum atomic E-state index is -0.190. The van der Waals surface area contributed by atoms with Crippen molar-refractivity contribution in [3.05, 3.63) is 90.0 Å². The first-order valence-electron chi connectivity index (χ1n) is 12.9. The molecule has 3 aromatic heterocycles. The second-order valence-electron chi connectivity index (χ2n) is 10.9. The van der Waals surface area contributed by atoms with Crippen LogP contribution in [-0.2, 0) is 16.6 Å². The van der Waals surface area contributed by atoms with Crippen molar-refractivity contribution in [2.24, 2.45) is 0 Å². The number of hydrogen-bond acceptors (Lipinski definition) is 6. The third kappa shape index (κ3) is 5.98. The van der Waals surface area contributed by atoms with Crippen molar-refractivity contribution in [3.63, 3.8) is 0 Å². The first kappa shape index (κ1) is 26.5. The molecule has 0 saturated heterocycles. The van der Waals surface area contributed by atoms with E-state index in [1.165, 1.54) is 0 Å². The molecular weight excluding hydrogens is 508 g/mol. The summed E-state index contributed by atoms with van der Waals surface area (Å²) in [7, 11) is 0. The molecule has 0 bridgehead atoms. The Morgan fingerprint density at radius 1 is 0.974 bits per heavy atom. The number of rotatable bonds is 7. The highest BCUT2D eigenvalue weighted by atomic mass is 32.2. The standard InChI is InChI=1S/C30H32N6O2S/c1-19(2)29-33-32-26-15-14-24(18-35(26)29)39-23-12-6-20(7-13-23)16-28(38)31-27-17-25(30(3,4)5)34-36(27)21-8-10-22(37)11-9-21/h6-15,17-19,37H,16H2,1-5H3,(H,31,38). The van der Waals surface area contributed by atoms with E-state index in [0.29, 0.717) is 5.82 Å². The second kappa shape index (κ2) is 10.6. The average molecular weight is 541 g/mol. The van der Waals surface area contributed by atoms with Gasteiger partial charge < -0.3 is 10.4 Å². The lowest BCUT2D eigenvalue weighted by Crippen LogP contribution is -2.17. The fourth-order valence-corrected chi connectivity index (χ4v) is 4.99. The van der Waals surface area contributed by atoms with Gasteiger partial charge in [-0.1, -0.05) is 58.5 Å². The number of aromatic hydroxyl groups is 1. The number of carbonyl (C=O) groups excluding carboxylic acids is 1. The predicted octanol–water partition coefficient (Wildman–Crippen LogP) is 6.37. The summed E-state index contributed by atoms with van der Waals surface area (Å²) in [6, 6.07) is 20.7. The Kier molecular flexibility index (Phi) is 7.18. The summed E-state index contributed by atoms with van der Waals surface area (Å²) in [5.41, 5.74) is 3.18. The molecule has 39 heavy (non-hydrogen) atoms. The molecule has 0 spiro atoms. The second-order valence-corrected chi connectivity index (χ2v) is 12.0. The van der Waals surface area contributed by atoms with Crippen LogP contribution < -0.4 is 5.32 Å². The molecule has 0 fully saturated rings. The Hall–Kier alpha value is -4.11. The van der Waals surface area contributed by atoms with Crippen molar-refractivity contribution in [2.45, 2.75) is 62.2 Å². The zero-order valence-corrected chi connectivity index (χ0v) is 23.5. The predicted molar refractivity (Wildman–Crippen MR) is 154 cm³/mol. The Morgan fingerprint density at radius 3 is 2.33 bits per heavy atom. The zero-order chi connectivity index (χ0) is 27.7. The van der Waals surface area contributed by atoms with Crippen LogP contribution in [0.4, 0.5) is 5.82 Å². The summed E-state index contributed by atoms with van der Waals surface area (Å²) in [4.78, 5) is 15.2. The van der Waals surface area contributed by atoms with E-state index >= 15 is 0 Å². The van der Waals surface area contributed by atoms with Crippen LogP contribution in [0.2, 0.25) is 0 Å². The minimum absolute atomic E-state index is 0.130. The molecule has 200 valence electrons. The normalized spacial score (nSPS) is 11.8. The van der Waals surface area contributed by atoms with Gasteiger partial charge in [-0.3, -0.25) is 9.20 Å². The molecule has 0 radical (unpaired) electrons. The van der Waals surface area contributed by atoms with Gasteiger partial charge in [-0.05, 0) is 54.1 Å². The van der Waals surface area contributed by atoms with E-state index in [4.69, 9.17) is 5.10 Å². The van der Waals surface area contributed by atoms with E-state index in [2.05, 4.69) is 56.3 Å². The molecule has 0 saturated carbocycles. The van der Waals surface area contributed by atoms with Crippen molar-refractivity contribution < 1.29 is 9.90 Å². The van der Waals surface area contributed by atoms with Crippen LogP contribution in [0, 0.1) is 0 Å². The van der Waals surface area contributed by atoms with Gasteiger partial charge in [-0.25, -0.2) is 4.68 Å². The molecule has 0 aliphatic rings. The first-order chi connectivity index (χ1) is 18.6. The van der Waals surface area contributed by atoms with Crippen molar-refractivity contribution in [1.82, 2.24) is 24.4 Å². The third-order valence-electron chi connectivity index (χ3n) is 6.28. The van der Waals surface area contributed by atoms with Gasteiger partial charge >= 0.3 is 0 Å². The van der Waals surface area contributed by atoms with E-state index in [1.54, 1.807) is 40.7 Å². The van der Waals surface area contributed by atoms with Crippen LogP contribution in [0.3, 0.4) is 0 Å². The molecule has 2 N–H and O–H groups in total. The molecule has 8 nitrogen and oxygen atoms in total. The molecule has 3 heterocycles. The molecular formula is C30H32N6O2S. The van der Waals surface area contributed by atoms with Gasteiger partial charge in [0.25, 0.3) is 0 Å². The van der Waals surface area contributed by atoms with E-state index in [0.717, 1.165) is 38.2 Å². The SMILES string of the molecule is CC(C)c1nnc2ccc(Sc3ccc(CC(=O)Nc4cc(C(C)(C)C)nn4-c4ccc(O)cc4)cc3)cn12. The fourth-order valence-electron chi connectivity index (χ4n) is 4.15. The van der Waals surface area contributed by atoms with E-state index in [9.17, 15) is 9.90 Å². The number of phenolic OH excluding ortho intramolecular Hbond substituents is 1. The molecule has 1 amide bonds. The summed E-state index contributed by atoms with van der Waals surface area (Å²) < 4.78 is 3.74. The number of amides is 1. The lowest BCUT2D eigenvalue weighted by Gasteiger charge is -2.14. The van der Waals surface area contributed by atoms with E-state index < -0.39 is 0 Å². The summed E-state index contributed by atoms with van der Waals surface area (Å²) in [6.45, 7) is 10.4. The summed E-state index contributed by atoms with van der Waals surface area (Å²) in [5, 5.41) is 26.0. The molecule has 9 heteroatoms. The fraction of sp³-hybridized carbons (Fsp3) is 0.267.